The summed E-state index contributed by atoms with van der Waals surface area (Å²) < 4.78 is 5.44. The molecule has 0 atom stereocenters. The molecule has 0 aliphatic carbocycles. The largest absolute Gasteiger partial charge is 0.457 e. The van der Waals surface area contributed by atoms with Crippen LogP contribution < -0.4 is 4.74 Å². The highest BCUT2D eigenvalue weighted by molar-refractivity contribution is 5.43. The quantitative estimate of drug-likeness (QED) is 0.563. The van der Waals surface area contributed by atoms with Crippen LogP contribution in [0.1, 0.15) is 12.5 Å². The van der Waals surface area contributed by atoms with Crippen LogP contribution in [-0.2, 0) is 0 Å². The molecular weight excluding hydrogens is 198 g/mol. The zero-order valence-electron chi connectivity index (χ0n) is 9.23. The van der Waals surface area contributed by atoms with Gasteiger partial charge in [-0.2, -0.15) is 5.26 Å². The molecule has 0 heterocycles. The summed E-state index contributed by atoms with van der Waals surface area (Å²) in [5.74, 6) is 0.993. The van der Waals surface area contributed by atoms with Gasteiger partial charge in [-0.05, 0) is 25.1 Å². The summed E-state index contributed by atoms with van der Waals surface area (Å²) in [4.78, 5) is 0. The van der Waals surface area contributed by atoms with E-state index in [9.17, 15) is 0 Å². The van der Waals surface area contributed by atoms with Gasteiger partial charge in [0.2, 0.25) is 0 Å². The van der Waals surface area contributed by atoms with Crippen LogP contribution in [0.5, 0.6) is 5.75 Å². The van der Waals surface area contributed by atoms with Crippen LogP contribution in [0.25, 0.3) is 0 Å². The minimum atomic E-state index is 0.477. The maximum absolute atomic E-state index is 8.86. The lowest BCUT2D eigenvalue weighted by Crippen LogP contribution is -1.92. The Morgan fingerprint density at radius 2 is 2.00 bits per heavy atom. The highest BCUT2D eigenvalue weighted by atomic mass is 16.5. The average molecular weight is 211 g/mol. The molecule has 0 aliphatic heterocycles. The van der Waals surface area contributed by atoms with E-state index < -0.39 is 0 Å². The van der Waals surface area contributed by atoms with Crippen LogP contribution in [0.15, 0.2) is 60.9 Å². The molecule has 0 spiro atoms. The van der Waals surface area contributed by atoms with Crippen molar-refractivity contribution >= 4 is 0 Å². The Hall–Kier alpha value is -2.27. The number of nitrogens with zero attached hydrogens (tertiary/aromatic N) is 1. The van der Waals surface area contributed by atoms with Gasteiger partial charge in [-0.15, -0.1) is 0 Å². The van der Waals surface area contributed by atoms with Crippen LogP contribution in [0, 0.1) is 11.3 Å². The van der Waals surface area contributed by atoms with Crippen molar-refractivity contribution in [2.45, 2.75) is 6.92 Å². The molecular formula is C14H13NO. The minimum absolute atomic E-state index is 0.477. The van der Waals surface area contributed by atoms with E-state index in [0.717, 1.165) is 5.57 Å². The molecule has 2 nitrogen and oxygen atoms in total. The summed E-state index contributed by atoms with van der Waals surface area (Å²) in [5.41, 5.74) is 1.41. The van der Waals surface area contributed by atoms with Gasteiger partial charge in [0.25, 0.3) is 0 Å². The van der Waals surface area contributed by atoms with Crippen molar-refractivity contribution in [3.05, 3.63) is 66.5 Å². The molecule has 16 heavy (non-hydrogen) atoms. The first kappa shape index (κ1) is 11.8. The van der Waals surface area contributed by atoms with Gasteiger partial charge in [-0.3, -0.25) is 0 Å². The number of rotatable bonds is 4. The molecule has 2 heteroatoms. The number of benzene rings is 1. The molecule has 0 aliphatic rings. The Bertz CT molecular complexity index is 478. The van der Waals surface area contributed by atoms with Gasteiger partial charge in [0, 0.05) is 0 Å². The zero-order chi connectivity index (χ0) is 12.0. The van der Waals surface area contributed by atoms with E-state index in [2.05, 4.69) is 19.2 Å². The third kappa shape index (κ3) is 3.47. The lowest BCUT2D eigenvalue weighted by atomic mass is 10.2. The number of allylic oxidation sites excluding steroid dienone is 3. The first-order valence-electron chi connectivity index (χ1n) is 4.83. The van der Waals surface area contributed by atoms with Gasteiger partial charge in [-0.1, -0.05) is 36.9 Å². The van der Waals surface area contributed by atoms with Gasteiger partial charge < -0.3 is 4.74 Å². The summed E-state index contributed by atoms with van der Waals surface area (Å²) in [6, 6.07) is 9.09. The van der Waals surface area contributed by atoms with Crippen molar-refractivity contribution in [1.82, 2.24) is 0 Å². The standard InChI is InChI=1S/C14H13NO/c1-11(2)8-9-12(3)16-14-7-5-4-6-13(14)10-15/h4-9H,1,3H2,2H3/b9-8-. The van der Waals surface area contributed by atoms with E-state index >= 15 is 0 Å². The van der Waals surface area contributed by atoms with E-state index in [1.807, 2.05) is 13.0 Å². The van der Waals surface area contributed by atoms with Gasteiger partial charge in [0.05, 0.1) is 5.56 Å². The zero-order valence-corrected chi connectivity index (χ0v) is 9.23. The number of hydrogen-bond acceptors (Lipinski definition) is 2. The molecule has 1 aromatic rings. The van der Waals surface area contributed by atoms with Gasteiger partial charge >= 0.3 is 0 Å². The number of nitriles is 1. The fourth-order valence-electron chi connectivity index (χ4n) is 1.06. The molecule has 1 rings (SSSR count). The first-order valence-corrected chi connectivity index (χ1v) is 4.83. The smallest absolute Gasteiger partial charge is 0.145 e. The van der Waals surface area contributed by atoms with Crippen molar-refractivity contribution in [2.75, 3.05) is 0 Å². The number of ether oxygens (including phenoxy) is 1. The summed E-state index contributed by atoms with van der Waals surface area (Å²) in [6.07, 6.45) is 3.52. The third-order valence-electron chi connectivity index (χ3n) is 1.80. The number of para-hydroxylation sites is 1. The van der Waals surface area contributed by atoms with E-state index in [4.69, 9.17) is 10.00 Å². The summed E-state index contributed by atoms with van der Waals surface area (Å²) in [5, 5.41) is 8.86. The Labute approximate surface area is 95.8 Å². The fraction of sp³-hybridized carbons (Fsp3) is 0.0714. The Balaban J connectivity index is 2.78. The molecule has 80 valence electrons. The second-order valence-electron chi connectivity index (χ2n) is 3.36. The van der Waals surface area contributed by atoms with Crippen molar-refractivity contribution in [3.8, 4) is 11.8 Å². The molecule has 0 N–H and O–H groups in total. The predicted molar refractivity (Wildman–Crippen MR) is 64.9 cm³/mol. The molecule has 0 unspecified atom stereocenters. The van der Waals surface area contributed by atoms with Crippen LogP contribution in [-0.4, -0.2) is 0 Å². The minimum Gasteiger partial charge on any atom is -0.457 e. The van der Waals surface area contributed by atoms with Crippen molar-refractivity contribution in [1.29, 1.82) is 5.26 Å². The molecule has 0 bridgehead atoms. The molecule has 0 aromatic heterocycles. The SMILES string of the molecule is C=C(C)/C=C\C(=C)Oc1ccccc1C#N. The highest BCUT2D eigenvalue weighted by Crippen LogP contribution is 2.19. The second-order valence-corrected chi connectivity index (χ2v) is 3.36. The molecule has 0 radical (unpaired) electrons. The molecule has 0 fully saturated rings. The highest BCUT2D eigenvalue weighted by Gasteiger charge is 2.01. The molecule has 0 amide bonds. The van der Waals surface area contributed by atoms with E-state index in [0.29, 0.717) is 17.1 Å². The van der Waals surface area contributed by atoms with E-state index in [-0.39, 0.29) is 0 Å². The van der Waals surface area contributed by atoms with Crippen molar-refractivity contribution in [3.63, 3.8) is 0 Å². The third-order valence-corrected chi connectivity index (χ3v) is 1.80. The average Bonchev–Trinajstić information content (AvgIpc) is 2.27. The van der Waals surface area contributed by atoms with Gasteiger partial charge in [0.1, 0.15) is 17.6 Å². The van der Waals surface area contributed by atoms with Crippen molar-refractivity contribution < 1.29 is 4.74 Å². The van der Waals surface area contributed by atoms with Gasteiger partial charge in [-0.25, -0.2) is 0 Å². The topological polar surface area (TPSA) is 33.0 Å². The second kappa shape index (κ2) is 5.57. The Morgan fingerprint density at radius 1 is 1.31 bits per heavy atom. The summed E-state index contributed by atoms with van der Waals surface area (Å²) in [6.45, 7) is 9.35. The molecule has 1 aromatic carbocycles. The van der Waals surface area contributed by atoms with Crippen LogP contribution in [0.3, 0.4) is 0 Å². The lowest BCUT2D eigenvalue weighted by Gasteiger charge is -2.06. The van der Waals surface area contributed by atoms with Crippen LogP contribution in [0.4, 0.5) is 0 Å². The first-order chi connectivity index (χ1) is 7.63. The summed E-state index contributed by atoms with van der Waals surface area (Å²) >= 11 is 0. The number of hydrogen-bond donors (Lipinski definition) is 0. The van der Waals surface area contributed by atoms with Crippen molar-refractivity contribution in [2.24, 2.45) is 0 Å². The Kier molecular flexibility index (Phi) is 4.11. The Morgan fingerprint density at radius 3 is 2.62 bits per heavy atom. The van der Waals surface area contributed by atoms with Gasteiger partial charge in [0.15, 0.2) is 0 Å². The molecule has 0 saturated heterocycles. The fourth-order valence-corrected chi connectivity index (χ4v) is 1.06. The van der Waals surface area contributed by atoms with Crippen LogP contribution in [0.2, 0.25) is 0 Å². The molecule has 0 saturated carbocycles. The lowest BCUT2D eigenvalue weighted by molar-refractivity contribution is 0.445. The van der Waals surface area contributed by atoms with Crippen LogP contribution >= 0.6 is 0 Å². The summed E-state index contributed by atoms with van der Waals surface area (Å²) in [7, 11) is 0. The van der Waals surface area contributed by atoms with E-state index in [1.165, 1.54) is 0 Å². The maximum Gasteiger partial charge on any atom is 0.145 e. The normalized spacial score (nSPS) is 9.75. The monoisotopic (exact) mass is 211 g/mol. The van der Waals surface area contributed by atoms with E-state index in [1.54, 1.807) is 30.4 Å². The maximum atomic E-state index is 8.86. The predicted octanol–water partition coefficient (Wildman–Crippen LogP) is 3.58.